The van der Waals surface area contributed by atoms with Crippen LogP contribution in [0.15, 0.2) is 30.3 Å². The van der Waals surface area contributed by atoms with Crippen molar-refractivity contribution < 1.29 is 14.3 Å². The van der Waals surface area contributed by atoms with Crippen LogP contribution in [0.5, 0.6) is 0 Å². The van der Waals surface area contributed by atoms with E-state index in [1.165, 1.54) is 0 Å². The highest BCUT2D eigenvalue weighted by atomic mass is 16.5. The number of hydrogen-bond donors (Lipinski definition) is 0. The number of hydrogen-bond acceptors (Lipinski definition) is 4. The predicted molar refractivity (Wildman–Crippen MR) is 64.2 cm³/mol. The minimum atomic E-state index is -0.588. The van der Waals surface area contributed by atoms with Gasteiger partial charge >= 0.3 is 5.97 Å². The van der Waals surface area contributed by atoms with Crippen LogP contribution in [-0.4, -0.2) is 18.5 Å². The first-order valence-corrected chi connectivity index (χ1v) is 5.41. The molecule has 0 saturated carbocycles. The van der Waals surface area contributed by atoms with E-state index in [-0.39, 0.29) is 12.2 Å². The van der Waals surface area contributed by atoms with Crippen LogP contribution < -0.4 is 4.90 Å². The summed E-state index contributed by atoms with van der Waals surface area (Å²) in [5.41, 5.74) is 1.24. The van der Waals surface area contributed by atoms with E-state index in [2.05, 4.69) is 0 Å². The molecule has 0 radical (unpaired) electrons. The number of para-hydroxylation sites is 1. The van der Waals surface area contributed by atoms with E-state index < -0.39 is 11.9 Å². The molecule has 0 saturated heterocycles. The van der Waals surface area contributed by atoms with Crippen molar-refractivity contribution in [2.24, 2.45) is 0 Å². The van der Waals surface area contributed by atoms with Crippen molar-refractivity contribution in [1.82, 2.24) is 0 Å². The lowest BCUT2D eigenvalue weighted by molar-refractivity contribution is -0.137. The van der Waals surface area contributed by atoms with Crippen molar-refractivity contribution in [2.45, 2.75) is 6.92 Å². The van der Waals surface area contributed by atoms with Gasteiger partial charge < -0.3 is 4.74 Å². The Labute approximate surface area is 104 Å². The number of nitriles is 1. The van der Waals surface area contributed by atoms with Crippen LogP contribution in [-0.2, 0) is 14.3 Å². The molecule has 0 fully saturated rings. The molecule has 0 atom stereocenters. The zero-order valence-corrected chi connectivity index (χ0v) is 9.71. The Kier molecular flexibility index (Phi) is 3.11. The van der Waals surface area contributed by atoms with Crippen molar-refractivity contribution in [3.63, 3.8) is 0 Å². The van der Waals surface area contributed by atoms with Crippen LogP contribution in [0.2, 0.25) is 0 Å². The minimum absolute atomic E-state index is 0.186. The third-order valence-corrected chi connectivity index (χ3v) is 2.52. The SMILES string of the molecule is CCOC(=O)/C=C1\C(=O)N(C#N)c2ccccc21. The highest BCUT2D eigenvalue weighted by Crippen LogP contribution is 2.35. The van der Waals surface area contributed by atoms with Crippen molar-refractivity contribution in [1.29, 1.82) is 5.26 Å². The average Bonchev–Trinajstić information content (AvgIpc) is 2.63. The maximum atomic E-state index is 12.0. The summed E-state index contributed by atoms with van der Waals surface area (Å²) in [5.74, 6) is -1.10. The maximum Gasteiger partial charge on any atom is 0.331 e. The van der Waals surface area contributed by atoms with Crippen molar-refractivity contribution in [3.05, 3.63) is 35.9 Å². The smallest absolute Gasteiger partial charge is 0.331 e. The highest BCUT2D eigenvalue weighted by molar-refractivity contribution is 6.35. The molecule has 1 aromatic carbocycles. The molecule has 1 amide bonds. The number of ether oxygens (including phenoxy) is 1. The average molecular weight is 242 g/mol. The Bertz CT molecular complexity index is 584. The largest absolute Gasteiger partial charge is 0.463 e. The second-order valence-corrected chi connectivity index (χ2v) is 3.57. The number of esters is 1. The molecule has 0 bridgehead atoms. The first-order chi connectivity index (χ1) is 8.69. The Morgan fingerprint density at radius 1 is 1.50 bits per heavy atom. The first kappa shape index (κ1) is 11.9. The fraction of sp³-hybridized carbons (Fsp3) is 0.154. The van der Waals surface area contributed by atoms with Gasteiger partial charge in [0.2, 0.25) is 0 Å². The van der Waals surface area contributed by atoms with Gasteiger partial charge in [0.25, 0.3) is 5.91 Å². The van der Waals surface area contributed by atoms with Crippen LogP contribution in [0.1, 0.15) is 12.5 Å². The molecule has 5 nitrogen and oxygen atoms in total. The summed E-state index contributed by atoms with van der Waals surface area (Å²) in [5, 5.41) is 8.95. The molecule has 0 aliphatic carbocycles. The monoisotopic (exact) mass is 242 g/mol. The Morgan fingerprint density at radius 2 is 2.22 bits per heavy atom. The van der Waals surface area contributed by atoms with Gasteiger partial charge in [-0.05, 0) is 13.0 Å². The standard InChI is InChI=1S/C13H10N2O3/c1-2-18-12(16)7-10-9-5-3-4-6-11(9)15(8-14)13(10)17/h3-7H,2H2,1H3/b10-7-. The van der Waals surface area contributed by atoms with Gasteiger partial charge in [-0.15, -0.1) is 0 Å². The molecule has 0 unspecified atom stereocenters. The van der Waals surface area contributed by atoms with Gasteiger partial charge in [-0.3, -0.25) is 4.79 Å². The van der Waals surface area contributed by atoms with Crippen molar-refractivity contribution in [2.75, 3.05) is 11.5 Å². The zero-order valence-electron chi connectivity index (χ0n) is 9.71. The van der Waals surface area contributed by atoms with E-state index in [0.29, 0.717) is 11.3 Å². The lowest BCUT2D eigenvalue weighted by Crippen LogP contribution is -2.20. The normalized spacial score (nSPS) is 15.4. The molecule has 0 aromatic heterocycles. The highest BCUT2D eigenvalue weighted by Gasteiger charge is 2.32. The molecule has 18 heavy (non-hydrogen) atoms. The molecule has 1 heterocycles. The van der Waals surface area contributed by atoms with Crippen LogP contribution in [0.3, 0.4) is 0 Å². The van der Waals surface area contributed by atoms with Gasteiger partial charge in [0, 0.05) is 11.6 Å². The second kappa shape index (κ2) is 4.72. The number of anilines is 1. The van der Waals surface area contributed by atoms with E-state index in [0.717, 1.165) is 11.0 Å². The Balaban J connectivity index is 2.48. The van der Waals surface area contributed by atoms with Crippen LogP contribution in [0.4, 0.5) is 5.69 Å². The van der Waals surface area contributed by atoms with Gasteiger partial charge in [0.15, 0.2) is 6.19 Å². The fourth-order valence-corrected chi connectivity index (χ4v) is 1.78. The van der Waals surface area contributed by atoms with E-state index in [1.54, 1.807) is 37.4 Å². The summed E-state index contributed by atoms with van der Waals surface area (Å²) >= 11 is 0. The lowest BCUT2D eigenvalue weighted by Gasteiger charge is -2.03. The number of fused-ring (bicyclic) bond motifs is 1. The lowest BCUT2D eigenvalue weighted by atomic mass is 10.1. The zero-order chi connectivity index (χ0) is 13.1. The van der Waals surface area contributed by atoms with Crippen LogP contribution >= 0.6 is 0 Å². The second-order valence-electron chi connectivity index (χ2n) is 3.57. The molecule has 0 spiro atoms. The molecule has 1 aliphatic heterocycles. The number of rotatable bonds is 2. The summed E-state index contributed by atoms with van der Waals surface area (Å²) in [6.07, 6.45) is 2.92. The molecule has 5 heteroatoms. The number of nitrogens with zero attached hydrogens (tertiary/aromatic N) is 2. The van der Waals surface area contributed by atoms with Crippen LogP contribution in [0, 0.1) is 11.5 Å². The van der Waals surface area contributed by atoms with E-state index in [9.17, 15) is 9.59 Å². The topological polar surface area (TPSA) is 70.4 Å². The Morgan fingerprint density at radius 3 is 2.89 bits per heavy atom. The fourth-order valence-electron chi connectivity index (χ4n) is 1.78. The molecule has 0 N–H and O–H groups in total. The number of carbonyl (C=O) groups is 2. The number of carbonyl (C=O) groups excluding carboxylic acids is 2. The van der Waals surface area contributed by atoms with Gasteiger partial charge in [-0.25, -0.2) is 9.69 Å². The van der Waals surface area contributed by atoms with Crippen molar-refractivity contribution in [3.8, 4) is 6.19 Å². The van der Waals surface area contributed by atoms with Gasteiger partial charge in [-0.1, -0.05) is 18.2 Å². The predicted octanol–water partition coefficient (Wildman–Crippen LogP) is 1.46. The summed E-state index contributed by atoms with van der Waals surface area (Å²) in [6, 6.07) is 6.81. The van der Waals surface area contributed by atoms with Crippen molar-refractivity contribution >= 4 is 23.1 Å². The molecular weight excluding hydrogens is 232 g/mol. The quantitative estimate of drug-likeness (QED) is 0.447. The molecule has 90 valence electrons. The molecular formula is C13H10N2O3. The van der Waals surface area contributed by atoms with E-state index in [1.807, 2.05) is 0 Å². The van der Waals surface area contributed by atoms with E-state index in [4.69, 9.17) is 10.00 Å². The molecule has 1 aromatic rings. The number of benzene rings is 1. The molecule has 1 aliphatic rings. The first-order valence-electron chi connectivity index (χ1n) is 5.41. The molecule has 2 rings (SSSR count). The van der Waals surface area contributed by atoms with Gasteiger partial charge in [-0.2, -0.15) is 5.26 Å². The summed E-state index contributed by atoms with van der Waals surface area (Å²) < 4.78 is 4.77. The summed E-state index contributed by atoms with van der Waals surface area (Å²) in [4.78, 5) is 24.3. The van der Waals surface area contributed by atoms with Gasteiger partial charge in [0.05, 0.1) is 17.9 Å². The maximum absolute atomic E-state index is 12.0. The minimum Gasteiger partial charge on any atom is -0.463 e. The third kappa shape index (κ3) is 1.84. The summed E-state index contributed by atoms with van der Waals surface area (Å²) in [7, 11) is 0. The van der Waals surface area contributed by atoms with E-state index >= 15 is 0 Å². The third-order valence-electron chi connectivity index (χ3n) is 2.52. The summed E-state index contributed by atoms with van der Waals surface area (Å²) in [6.45, 7) is 1.92. The Hall–Kier alpha value is -2.61. The number of amides is 1. The van der Waals surface area contributed by atoms with Crippen LogP contribution in [0.25, 0.3) is 5.57 Å². The van der Waals surface area contributed by atoms with Gasteiger partial charge in [0.1, 0.15) is 0 Å².